The van der Waals surface area contributed by atoms with Crippen molar-refractivity contribution >= 4 is 34.8 Å². The van der Waals surface area contributed by atoms with Gasteiger partial charge in [0, 0.05) is 16.2 Å². The molecular weight excluding hydrogens is 306 g/mol. The summed E-state index contributed by atoms with van der Waals surface area (Å²) >= 11 is 5.91. The van der Waals surface area contributed by atoms with Gasteiger partial charge in [-0.15, -0.1) is 0 Å². The van der Waals surface area contributed by atoms with Gasteiger partial charge in [0.2, 0.25) is 5.75 Å². The van der Waals surface area contributed by atoms with Gasteiger partial charge < -0.3 is 20.3 Å². The minimum atomic E-state index is -0.340. The molecule has 0 aromatic heterocycles. The molecule has 0 unspecified atom stereocenters. The summed E-state index contributed by atoms with van der Waals surface area (Å²) in [5.41, 5.74) is 2.33. The van der Waals surface area contributed by atoms with E-state index in [-0.39, 0.29) is 23.2 Å². The first-order valence-corrected chi connectivity index (χ1v) is 6.80. The van der Waals surface area contributed by atoms with E-state index in [0.717, 1.165) is 5.56 Å². The molecule has 2 aromatic rings. The van der Waals surface area contributed by atoms with Crippen molar-refractivity contribution in [2.45, 2.75) is 0 Å². The van der Waals surface area contributed by atoms with Gasteiger partial charge in [-0.1, -0.05) is 17.7 Å². The van der Waals surface area contributed by atoms with E-state index in [4.69, 9.17) is 16.3 Å². The summed E-state index contributed by atoms with van der Waals surface area (Å²) in [6.45, 7) is 0. The number of aromatic hydroxyl groups is 2. The highest BCUT2D eigenvalue weighted by Crippen LogP contribution is 2.39. The van der Waals surface area contributed by atoms with Gasteiger partial charge in [0.15, 0.2) is 11.5 Å². The molecule has 0 radical (unpaired) electrons. The van der Waals surface area contributed by atoms with Crippen LogP contribution in [0.25, 0.3) is 11.6 Å². The Morgan fingerprint density at radius 1 is 1.23 bits per heavy atom. The van der Waals surface area contributed by atoms with Crippen molar-refractivity contribution < 1.29 is 19.7 Å². The number of hydrogen-bond donors (Lipinski definition) is 3. The lowest BCUT2D eigenvalue weighted by Gasteiger charge is -2.07. The molecule has 1 heterocycles. The summed E-state index contributed by atoms with van der Waals surface area (Å²) in [4.78, 5) is 12.1. The van der Waals surface area contributed by atoms with Crippen LogP contribution in [0.4, 0.5) is 5.69 Å². The first kappa shape index (κ1) is 14.3. The van der Waals surface area contributed by atoms with Crippen molar-refractivity contribution in [2.75, 3.05) is 12.4 Å². The molecule has 3 rings (SSSR count). The fourth-order valence-electron chi connectivity index (χ4n) is 2.33. The van der Waals surface area contributed by atoms with Crippen molar-refractivity contribution in [1.29, 1.82) is 0 Å². The largest absolute Gasteiger partial charge is 0.504 e. The second kappa shape index (κ2) is 5.27. The summed E-state index contributed by atoms with van der Waals surface area (Å²) in [5.74, 6) is -0.793. The van der Waals surface area contributed by atoms with Gasteiger partial charge >= 0.3 is 0 Å². The zero-order valence-corrected chi connectivity index (χ0v) is 12.3. The number of anilines is 1. The van der Waals surface area contributed by atoms with Gasteiger partial charge in [0.25, 0.3) is 5.91 Å². The maximum absolute atomic E-state index is 12.1. The van der Waals surface area contributed by atoms with Crippen molar-refractivity contribution in [3.8, 4) is 17.2 Å². The third kappa shape index (κ3) is 2.35. The molecule has 1 aliphatic rings. The topological polar surface area (TPSA) is 78.8 Å². The summed E-state index contributed by atoms with van der Waals surface area (Å²) in [6.07, 6.45) is 1.61. The number of methoxy groups -OCH3 is 1. The Balaban J connectivity index is 2.10. The van der Waals surface area contributed by atoms with Gasteiger partial charge in [0.1, 0.15) is 0 Å². The fraction of sp³-hybridized carbons (Fsp3) is 0.0625. The molecule has 0 saturated carbocycles. The quantitative estimate of drug-likeness (QED) is 0.587. The molecule has 112 valence electrons. The van der Waals surface area contributed by atoms with Gasteiger partial charge in [-0.3, -0.25) is 4.79 Å². The van der Waals surface area contributed by atoms with E-state index in [1.54, 1.807) is 24.3 Å². The number of benzene rings is 2. The van der Waals surface area contributed by atoms with E-state index in [0.29, 0.717) is 21.8 Å². The van der Waals surface area contributed by atoms with Crippen LogP contribution in [-0.4, -0.2) is 23.2 Å². The molecular formula is C16H12ClNO4. The zero-order valence-electron chi connectivity index (χ0n) is 11.6. The van der Waals surface area contributed by atoms with Crippen LogP contribution in [0.5, 0.6) is 17.2 Å². The SMILES string of the molecule is COc1cc(/C=C2\C(=O)Nc3cc(Cl)ccc32)cc(O)c1O. The molecule has 0 fully saturated rings. The summed E-state index contributed by atoms with van der Waals surface area (Å²) in [7, 11) is 1.38. The van der Waals surface area contributed by atoms with Crippen molar-refractivity contribution in [1.82, 2.24) is 0 Å². The van der Waals surface area contributed by atoms with Crippen LogP contribution in [0, 0.1) is 0 Å². The highest BCUT2D eigenvalue weighted by Gasteiger charge is 2.24. The van der Waals surface area contributed by atoms with Crippen LogP contribution < -0.4 is 10.1 Å². The number of carbonyl (C=O) groups excluding carboxylic acids is 1. The Morgan fingerprint density at radius 3 is 2.73 bits per heavy atom. The number of phenolic OH excluding ortho intramolecular Hbond substituents is 2. The first-order chi connectivity index (χ1) is 10.5. The van der Waals surface area contributed by atoms with Crippen molar-refractivity contribution in [3.05, 3.63) is 46.5 Å². The third-order valence-corrected chi connectivity index (χ3v) is 3.61. The predicted octanol–water partition coefficient (Wildman–Crippen LogP) is 3.25. The maximum atomic E-state index is 12.1. The molecule has 3 N–H and O–H groups in total. The van der Waals surface area contributed by atoms with Crippen LogP contribution in [0.1, 0.15) is 11.1 Å². The van der Waals surface area contributed by atoms with Gasteiger partial charge in [-0.05, 0) is 35.9 Å². The molecule has 1 aliphatic heterocycles. The third-order valence-electron chi connectivity index (χ3n) is 3.37. The maximum Gasteiger partial charge on any atom is 0.256 e. The van der Waals surface area contributed by atoms with Crippen LogP contribution in [0.3, 0.4) is 0 Å². The number of ether oxygens (including phenoxy) is 1. The average Bonchev–Trinajstić information content (AvgIpc) is 2.77. The summed E-state index contributed by atoms with van der Waals surface area (Å²) in [6, 6.07) is 8.00. The minimum Gasteiger partial charge on any atom is -0.504 e. The van der Waals surface area contributed by atoms with Gasteiger partial charge in [0.05, 0.1) is 12.8 Å². The molecule has 0 spiro atoms. The number of fused-ring (bicyclic) bond motifs is 1. The monoisotopic (exact) mass is 317 g/mol. The number of rotatable bonds is 2. The molecule has 0 aliphatic carbocycles. The van der Waals surface area contributed by atoms with Gasteiger partial charge in [-0.2, -0.15) is 0 Å². The predicted molar refractivity (Wildman–Crippen MR) is 84.3 cm³/mol. The number of phenols is 2. The fourth-order valence-corrected chi connectivity index (χ4v) is 2.50. The lowest BCUT2D eigenvalue weighted by molar-refractivity contribution is -0.110. The second-order valence-corrected chi connectivity index (χ2v) is 5.23. The van der Waals surface area contributed by atoms with E-state index in [1.807, 2.05) is 0 Å². The summed E-state index contributed by atoms with van der Waals surface area (Å²) < 4.78 is 4.99. The number of hydrogen-bond acceptors (Lipinski definition) is 4. The van der Waals surface area contributed by atoms with Crippen LogP contribution >= 0.6 is 11.6 Å². The highest BCUT2D eigenvalue weighted by molar-refractivity contribution is 6.36. The lowest BCUT2D eigenvalue weighted by Crippen LogP contribution is -2.03. The van der Waals surface area contributed by atoms with Crippen LogP contribution in [0.15, 0.2) is 30.3 Å². The van der Waals surface area contributed by atoms with Gasteiger partial charge in [-0.25, -0.2) is 0 Å². The molecule has 1 amide bonds. The Bertz CT molecular complexity index is 814. The number of halogens is 1. The standard InChI is InChI=1S/C16H12ClNO4/c1-22-14-6-8(5-13(19)15(14)20)4-11-10-3-2-9(17)7-12(10)18-16(11)21/h2-7,19-20H,1H3,(H,18,21)/b11-4-. The summed E-state index contributed by atoms with van der Waals surface area (Å²) in [5, 5.41) is 22.6. The van der Waals surface area contributed by atoms with E-state index in [1.165, 1.54) is 19.2 Å². The normalized spacial score (nSPS) is 14.8. The first-order valence-electron chi connectivity index (χ1n) is 6.42. The molecule has 0 atom stereocenters. The molecule has 22 heavy (non-hydrogen) atoms. The van der Waals surface area contributed by atoms with Crippen molar-refractivity contribution in [2.24, 2.45) is 0 Å². The van der Waals surface area contributed by atoms with Crippen LogP contribution in [-0.2, 0) is 4.79 Å². The molecule has 0 bridgehead atoms. The molecule has 0 saturated heterocycles. The second-order valence-electron chi connectivity index (χ2n) is 4.79. The average molecular weight is 318 g/mol. The van der Waals surface area contributed by atoms with E-state index >= 15 is 0 Å². The highest BCUT2D eigenvalue weighted by atomic mass is 35.5. The Morgan fingerprint density at radius 2 is 2.00 bits per heavy atom. The number of nitrogens with one attached hydrogen (secondary N) is 1. The number of amides is 1. The minimum absolute atomic E-state index is 0.126. The Labute approximate surface area is 131 Å². The Hall–Kier alpha value is -2.66. The number of carbonyl (C=O) groups is 1. The van der Waals surface area contributed by atoms with Crippen LogP contribution in [0.2, 0.25) is 5.02 Å². The zero-order chi connectivity index (χ0) is 15.9. The lowest BCUT2D eigenvalue weighted by atomic mass is 10.0. The van der Waals surface area contributed by atoms with E-state index < -0.39 is 0 Å². The van der Waals surface area contributed by atoms with E-state index in [2.05, 4.69) is 5.32 Å². The van der Waals surface area contributed by atoms with E-state index in [9.17, 15) is 15.0 Å². The molecule has 2 aromatic carbocycles. The Kier molecular flexibility index (Phi) is 3.42. The van der Waals surface area contributed by atoms with Crippen molar-refractivity contribution in [3.63, 3.8) is 0 Å². The smallest absolute Gasteiger partial charge is 0.256 e. The molecule has 5 nitrogen and oxygen atoms in total. The molecule has 6 heteroatoms.